The van der Waals surface area contributed by atoms with Gasteiger partial charge < -0.3 is 15.4 Å². The number of hydrogen-bond acceptors (Lipinski definition) is 4. The van der Waals surface area contributed by atoms with Gasteiger partial charge in [-0.25, -0.2) is 4.98 Å². The van der Waals surface area contributed by atoms with E-state index in [1.807, 2.05) is 0 Å². The van der Waals surface area contributed by atoms with E-state index in [0.717, 1.165) is 56.6 Å². The zero-order valence-corrected chi connectivity index (χ0v) is 12.9. The molecule has 1 unspecified atom stereocenters. The minimum Gasteiger partial charge on any atom is -0.384 e. The molecule has 114 valence electrons. The van der Waals surface area contributed by atoms with Crippen LogP contribution in [0.5, 0.6) is 0 Å². The molecule has 1 fully saturated rings. The summed E-state index contributed by atoms with van der Waals surface area (Å²) in [5.74, 6) is 0.975. The lowest BCUT2D eigenvalue weighted by molar-refractivity contribution is -0.00482. The third-order valence-electron chi connectivity index (χ3n) is 4.77. The van der Waals surface area contributed by atoms with Crippen LogP contribution in [0.4, 0.5) is 5.82 Å². The first-order valence-corrected chi connectivity index (χ1v) is 7.70. The van der Waals surface area contributed by atoms with Crippen LogP contribution in [-0.4, -0.2) is 36.6 Å². The zero-order valence-electron chi connectivity index (χ0n) is 12.9. The van der Waals surface area contributed by atoms with Gasteiger partial charge in [0.25, 0.3) is 0 Å². The van der Waals surface area contributed by atoms with Crippen molar-refractivity contribution < 1.29 is 4.74 Å². The highest BCUT2D eigenvalue weighted by molar-refractivity contribution is 6.00. The number of aromatic nitrogens is 1. The molecule has 1 saturated heterocycles. The summed E-state index contributed by atoms with van der Waals surface area (Å²) in [7, 11) is 1.77. The SMILES string of the molecule is COC1(C)CCCN(c2nc3c(cc2C(=N)N)CCC3)C1. The first-order chi connectivity index (χ1) is 10.0. The number of pyridine rings is 1. The number of amidine groups is 1. The van der Waals surface area contributed by atoms with Gasteiger partial charge in [0.1, 0.15) is 11.7 Å². The molecule has 0 amide bonds. The molecular weight excluding hydrogens is 264 g/mol. The molecule has 0 radical (unpaired) electrons. The maximum Gasteiger partial charge on any atom is 0.139 e. The van der Waals surface area contributed by atoms with Crippen LogP contribution in [-0.2, 0) is 17.6 Å². The Morgan fingerprint density at radius 1 is 1.43 bits per heavy atom. The summed E-state index contributed by atoms with van der Waals surface area (Å²) >= 11 is 0. The Morgan fingerprint density at radius 2 is 2.24 bits per heavy atom. The molecule has 21 heavy (non-hydrogen) atoms. The van der Waals surface area contributed by atoms with E-state index in [9.17, 15) is 0 Å². The molecule has 1 atom stereocenters. The third kappa shape index (κ3) is 2.62. The Balaban J connectivity index is 1.99. The molecule has 5 heteroatoms. The van der Waals surface area contributed by atoms with Crippen LogP contribution >= 0.6 is 0 Å². The Kier molecular flexibility index (Phi) is 3.61. The maximum atomic E-state index is 7.88. The normalized spacial score (nSPS) is 25.0. The summed E-state index contributed by atoms with van der Waals surface area (Å²) in [6, 6.07) is 2.08. The third-order valence-corrected chi connectivity index (χ3v) is 4.77. The second-order valence-corrected chi connectivity index (χ2v) is 6.41. The van der Waals surface area contributed by atoms with E-state index in [2.05, 4.69) is 17.9 Å². The standard InChI is InChI=1S/C16H24N4O/c1-16(21-2)7-4-8-20(10-16)15-12(14(17)18)9-11-5-3-6-13(11)19-15/h9H,3-8,10H2,1-2H3,(H3,17,18). The number of anilines is 1. The predicted octanol–water partition coefficient (Wildman–Crippen LogP) is 1.86. The highest BCUT2D eigenvalue weighted by Gasteiger charge is 2.33. The molecule has 0 saturated carbocycles. The second-order valence-electron chi connectivity index (χ2n) is 6.41. The molecule has 1 aliphatic carbocycles. The number of nitrogen functional groups attached to an aromatic ring is 1. The van der Waals surface area contributed by atoms with Crippen molar-refractivity contribution in [3.05, 3.63) is 22.9 Å². The van der Waals surface area contributed by atoms with Crippen LogP contribution in [0.25, 0.3) is 0 Å². The van der Waals surface area contributed by atoms with Crippen LogP contribution in [0, 0.1) is 5.41 Å². The number of piperidine rings is 1. The molecule has 1 aliphatic heterocycles. The molecule has 3 N–H and O–H groups in total. The summed E-state index contributed by atoms with van der Waals surface area (Å²) in [6.07, 6.45) is 5.37. The van der Waals surface area contributed by atoms with Gasteiger partial charge in [0, 0.05) is 25.9 Å². The lowest BCUT2D eigenvalue weighted by atomic mass is 9.94. The minimum atomic E-state index is -0.146. The van der Waals surface area contributed by atoms with Crippen LogP contribution in [0.3, 0.4) is 0 Å². The van der Waals surface area contributed by atoms with E-state index < -0.39 is 0 Å². The molecule has 0 bridgehead atoms. The van der Waals surface area contributed by atoms with E-state index in [4.69, 9.17) is 20.9 Å². The van der Waals surface area contributed by atoms with Crippen molar-refractivity contribution in [3.8, 4) is 0 Å². The number of nitrogens with zero attached hydrogens (tertiary/aromatic N) is 2. The lowest BCUT2D eigenvalue weighted by Crippen LogP contribution is -2.48. The molecule has 0 spiro atoms. The highest BCUT2D eigenvalue weighted by Crippen LogP contribution is 2.32. The van der Waals surface area contributed by atoms with Gasteiger partial charge in [0.05, 0.1) is 11.2 Å². The second kappa shape index (κ2) is 5.30. The van der Waals surface area contributed by atoms with Crippen molar-refractivity contribution in [1.82, 2.24) is 4.98 Å². The molecule has 2 aliphatic rings. The molecular formula is C16H24N4O. The fourth-order valence-corrected chi connectivity index (χ4v) is 3.45. The number of nitrogens with two attached hydrogens (primary N) is 1. The average molecular weight is 288 g/mol. The molecule has 5 nitrogen and oxygen atoms in total. The van der Waals surface area contributed by atoms with E-state index in [-0.39, 0.29) is 11.4 Å². The fraction of sp³-hybridized carbons (Fsp3) is 0.625. The molecule has 2 heterocycles. The van der Waals surface area contributed by atoms with Gasteiger partial charge in [-0.2, -0.15) is 0 Å². The number of nitrogens with one attached hydrogen (secondary N) is 1. The van der Waals surface area contributed by atoms with Crippen LogP contribution in [0.2, 0.25) is 0 Å². The van der Waals surface area contributed by atoms with Crippen molar-refractivity contribution in [1.29, 1.82) is 5.41 Å². The average Bonchev–Trinajstić information content (AvgIpc) is 2.93. The molecule has 0 aromatic carbocycles. The summed E-state index contributed by atoms with van der Waals surface area (Å²) in [5, 5.41) is 7.88. The fourth-order valence-electron chi connectivity index (χ4n) is 3.45. The number of methoxy groups -OCH3 is 1. The highest BCUT2D eigenvalue weighted by atomic mass is 16.5. The van der Waals surface area contributed by atoms with E-state index in [0.29, 0.717) is 0 Å². The first kappa shape index (κ1) is 14.3. The number of rotatable bonds is 3. The lowest BCUT2D eigenvalue weighted by Gasteiger charge is -2.40. The Bertz CT molecular complexity index is 572. The van der Waals surface area contributed by atoms with Gasteiger partial charge >= 0.3 is 0 Å². The number of hydrogen-bond donors (Lipinski definition) is 2. The monoisotopic (exact) mass is 288 g/mol. The topological polar surface area (TPSA) is 75.2 Å². The summed E-state index contributed by atoms with van der Waals surface area (Å²) in [5.41, 5.74) is 8.87. The van der Waals surface area contributed by atoms with Crippen molar-refractivity contribution >= 4 is 11.7 Å². The van der Waals surface area contributed by atoms with Gasteiger partial charge in [0.2, 0.25) is 0 Å². The number of ether oxygens (including phenoxy) is 1. The van der Waals surface area contributed by atoms with Gasteiger partial charge in [-0.15, -0.1) is 0 Å². The summed E-state index contributed by atoms with van der Waals surface area (Å²) in [6.45, 7) is 3.89. The van der Waals surface area contributed by atoms with Crippen molar-refractivity contribution in [3.63, 3.8) is 0 Å². The maximum absolute atomic E-state index is 7.88. The zero-order chi connectivity index (χ0) is 15.0. The van der Waals surface area contributed by atoms with Gasteiger partial charge in [-0.05, 0) is 50.7 Å². The van der Waals surface area contributed by atoms with Gasteiger partial charge in [-0.3, -0.25) is 5.41 Å². The van der Waals surface area contributed by atoms with E-state index in [1.165, 1.54) is 11.3 Å². The van der Waals surface area contributed by atoms with Crippen molar-refractivity contribution in [2.45, 2.75) is 44.6 Å². The predicted molar refractivity (Wildman–Crippen MR) is 84.1 cm³/mol. The van der Waals surface area contributed by atoms with Gasteiger partial charge in [-0.1, -0.05) is 0 Å². The minimum absolute atomic E-state index is 0.108. The Hall–Kier alpha value is -1.62. The van der Waals surface area contributed by atoms with E-state index in [1.54, 1.807) is 7.11 Å². The Labute approximate surface area is 126 Å². The van der Waals surface area contributed by atoms with Crippen molar-refractivity contribution in [2.24, 2.45) is 5.73 Å². The molecule has 1 aromatic heterocycles. The molecule has 1 aromatic rings. The quantitative estimate of drug-likeness (QED) is 0.657. The largest absolute Gasteiger partial charge is 0.384 e. The summed E-state index contributed by atoms with van der Waals surface area (Å²) in [4.78, 5) is 7.09. The molecule has 3 rings (SSSR count). The first-order valence-electron chi connectivity index (χ1n) is 7.70. The number of aryl methyl sites for hydroxylation is 2. The Morgan fingerprint density at radius 3 is 2.95 bits per heavy atom. The summed E-state index contributed by atoms with van der Waals surface area (Å²) < 4.78 is 5.67. The van der Waals surface area contributed by atoms with E-state index >= 15 is 0 Å². The van der Waals surface area contributed by atoms with Crippen LogP contribution < -0.4 is 10.6 Å². The van der Waals surface area contributed by atoms with Crippen LogP contribution in [0.15, 0.2) is 6.07 Å². The smallest absolute Gasteiger partial charge is 0.139 e. The van der Waals surface area contributed by atoms with Crippen LogP contribution in [0.1, 0.15) is 43.0 Å². The van der Waals surface area contributed by atoms with Gasteiger partial charge in [0.15, 0.2) is 0 Å². The number of fused-ring (bicyclic) bond motifs is 1. The van der Waals surface area contributed by atoms with Crippen molar-refractivity contribution in [2.75, 3.05) is 25.1 Å².